The van der Waals surface area contributed by atoms with Gasteiger partial charge in [0.05, 0.1) is 12.8 Å². The molecule has 1 heterocycles. The van der Waals surface area contributed by atoms with Gasteiger partial charge in [-0.2, -0.15) is 5.10 Å². The molecule has 0 amide bonds. The van der Waals surface area contributed by atoms with Gasteiger partial charge in [-0.1, -0.05) is 13.0 Å². The van der Waals surface area contributed by atoms with Gasteiger partial charge in [-0.05, 0) is 43.7 Å². The maximum atomic E-state index is 5.34. The van der Waals surface area contributed by atoms with Gasteiger partial charge in [-0.3, -0.25) is 4.68 Å². The topological polar surface area (TPSA) is 39.1 Å². The number of hydrogen-bond acceptors (Lipinski definition) is 3. The van der Waals surface area contributed by atoms with E-state index >= 15 is 0 Å². The van der Waals surface area contributed by atoms with Gasteiger partial charge in [-0.15, -0.1) is 0 Å². The van der Waals surface area contributed by atoms with Gasteiger partial charge in [0, 0.05) is 24.8 Å². The number of methoxy groups -OCH3 is 1. The average Bonchev–Trinajstić information content (AvgIpc) is 2.70. The van der Waals surface area contributed by atoms with Crippen LogP contribution in [0.15, 0.2) is 18.2 Å². The highest BCUT2D eigenvalue weighted by molar-refractivity contribution is 5.72. The molecule has 0 fully saturated rings. The standard InChI is InChI=1S/C16H23N3O/c1-6-17-10-13-9-14(20-5)7-8-15(13)16-11(2)18-19(4)12(16)3/h7-9,17H,6,10H2,1-5H3. The van der Waals surface area contributed by atoms with Crippen molar-refractivity contribution in [3.8, 4) is 16.9 Å². The molecule has 1 aromatic carbocycles. The molecule has 2 aromatic rings. The Bertz CT molecular complexity index is 602. The minimum absolute atomic E-state index is 0.830. The number of nitrogens with one attached hydrogen (secondary N) is 1. The van der Waals surface area contributed by atoms with Gasteiger partial charge in [0.15, 0.2) is 0 Å². The summed E-state index contributed by atoms with van der Waals surface area (Å²) in [7, 11) is 3.69. The highest BCUT2D eigenvalue weighted by Crippen LogP contribution is 2.31. The number of nitrogens with zero attached hydrogens (tertiary/aromatic N) is 2. The van der Waals surface area contributed by atoms with E-state index in [4.69, 9.17) is 4.74 Å². The quantitative estimate of drug-likeness (QED) is 0.910. The third-order valence-electron chi connectivity index (χ3n) is 3.66. The van der Waals surface area contributed by atoms with Crippen LogP contribution in [0.1, 0.15) is 23.9 Å². The minimum atomic E-state index is 0.830. The molecule has 4 heteroatoms. The molecule has 0 atom stereocenters. The molecule has 1 N–H and O–H groups in total. The average molecular weight is 273 g/mol. The lowest BCUT2D eigenvalue weighted by molar-refractivity contribution is 0.414. The van der Waals surface area contributed by atoms with Gasteiger partial charge >= 0.3 is 0 Å². The molecule has 0 spiro atoms. The van der Waals surface area contributed by atoms with E-state index in [1.54, 1.807) is 7.11 Å². The van der Waals surface area contributed by atoms with Crippen molar-refractivity contribution in [1.82, 2.24) is 15.1 Å². The van der Waals surface area contributed by atoms with E-state index in [2.05, 4.69) is 43.3 Å². The first-order chi connectivity index (χ1) is 9.58. The highest BCUT2D eigenvalue weighted by atomic mass is 16.5. The molecule has 0 bridgehead atoms. The lowest BCUT2D eigenvalue weighted by Gasteiger charge is -2.12. The van der Waals surface area contributed by atoms with Crippen LogP contribution in [0.3, 0.4) is 0 Å². The molecule has 0 saturated heterocycles. The molecule has 0 radical (unpaired) electrons. The number of aryl methyl sites for hydroxylation is 2. The molecule has 0 saturated carbocycles. The van der Waals surface area contributed by atoms with Crippen molar-refractivity contribution in [2.75, 3.05) is 13.7 Å². The van der Waals surface area contributed by atoms with Gasteiger partial charge in [0.1, 0.15) is 5.75 Å². The summed E-state index contributed by atoms with van der Waals surface area (Å²) in [4.78, 5) is 0. The summed E-state index contributed by atoms with van der Waals surface area (Å²) in [5.41, 5.74) is 5.95. The van der Waals surface area contributed by atoms with E-state index in [-0.39, 0.29) is 0 Å². The number of ether oxygens (including phenoxy) is 1. The minimum Gasteiger partial charge on any atom is -0.497 e. The van der Waals surface area contributed by atoms with Gasteiger partial charge in [0.2, 0.25) is 0 Å². The second-order valence-corrected chi connectivity index (χ2v) is 4.97. The number of hydrogen-bond donors (Lipinski definition) is 1. The predicted octanol–water partition coefficient (Wildman–Crippen LogP) is 2.82. The van der Waals surface area contributed by atoms with E-state index in [1.165, 1.54) is 22.4 Å². The fourth-order valence-corrected chi connectivity index (χ4v) is 2.51. The number of aromatic nitrogens is 2. The Labute approximate surface area is 120 Å². The fourth-order valence-electron chi connectivity index (χ4n) is 2.51. The maximum absolute atomic E-state index is 5.34. The Morgan fingerprint density at radius 3 is 2.60 bits per heavy atom. The Morgan fingerprint density at radius 1 is 1.30 bits per heavy atom. The molecule has 0 aliphatic heterocycles. The van der Waals surface area contributed by atoms with Crippen molar-refractivity contribution in [1.29, 1.82) is 0 Å². The lowest BCUT2D eigenvalue weighted by Crippen LogP contribution is -2.12. The normalized spacial score (nSPS) is 10.8. The van der Waals surface area contributed by atoms with E-state index in [0.29, 0.717) is 0 Å². The van der Waals surface area contributed by atoms with E-state index in [0.717, 1.165) is 24.5 Å². The monoisotopic (exact) mass is 273 g/mol. The van der Waals surface area contributed by atoms with Crippen LogP contribution in [0.4, 0.5) is 0 Å². The Balaban J connectivity index is 2.54. The molecule has 108 valence electrons. The van der Waals surface area contributed by atoms with Crippen molar-refractivity contribution in [3.05, 3.63) is 35.2 Å². The summed E-state index contributed by atoms with van der Waals surface area (Å²) >= 11 is 0. The summed E-state index contributed by atoms with van der Waals surface area (Å²) in [6, 6.07) is 6.24. The number of benzene rings is 1. The van der Waals surface area contributed by atoms with Crippen LogP contribution >= 0.6 is 0 Å². The van der Waals surface area contributed by atoms with Crippen molar-refractivity contribution in [2.24, 2.45) is 7.05 Å². The zero-order valence-corrected chi connectivity index (χ0v) is 12.9. The van der Waals surface area contributed by atoms with Gasteiger partial charge < -0.3 is 10.1 Å². The maximum Gasteiger partial charge on any atom is 0.119 e. The summed E-state index contributed by atoms with van der Waals surface area (Å²) in [6.45, 7) is 8.05. The molecule has 0 aliphatic carbocycles. The zero-order chi connectivity index (χ0) is 14.7. The van der Waals surface area contributed by atoms with Crippen molar-refractivity contribution in [3.63, 3.8) is 0 Å². The summed E-state index contributed by atoms with van der Waals surface area (Å²) in [5, 5.41) is 7.90. The molecule has 4 nitrogen and oxygen atoms in total. The zero-order valence-electron chi connectivity index (χ0n) is 12.9. The van der Waals surface area contributed by atoms with Crippen LogP contribution in [0.25, 0.3) is 11.1 Å². The largest absolute Gasteiger partial charge is 0.497 e. The molecular formula is C16H23N3O. The first-order valence-corrected chi connectivity index (χ1v) is 6.96. The van der Waals surface area contributed by atoms with Crippen LogP contribution in [0.2, 0.25) is 0 Å². The Hall–Kier alpha value is -1.81. The Morgan fingerprint density at radius 2 is 2.05 bits per heavy atom. The van der Waals surface area contributed by atoms with Gasteiger partial charge in [-0.25, -0.2) is 0 Å². The highest BCUT2D eigenvalue weighted by Gasteiger charge is 2.15. The molecule has 2 rings (SSSR count). The van der Waals surface area contributed by atoms with Crippen LogP contribution in [0.5, 0.6) is 5.75 Å². The van der Waals surface area contributed by atoms with Crippen LogP contribution < -0.4 is 10.1 Å². The summed E-state index contributed by atoms with van der Waals surface area (Å²) < 4.78 is 7.28. The molecule has 0 aliphatic rings. The van der Waals surface area contributed by atoms with E-state index < -0.39 is 0 Å². The van der Waals surface area contributed by atoms with Crippen molar-refractivity contribution in [2.45, 2.75) is 27.3 Å². The van der Waals surface area contributed by atoms with Crippen LogP contribution in [-0.4, -0.2) is 23.4 Å². The van der Waals surface area contributed by atoms with E-state index in [1.807, 2.05) is 17.8 Å². The third-order valence-corrected chi connectivity index (χ3v) is 3.66. The SMILES string of the molecule is CCNCc1cc(OC)ccc1-c1c(C)nn(C)c1C. The smallest absolute Gasteiger partial charge is 0.119 e. The molecular weight excluding hydrogens is 250 g/mol. The second-order valence-electron chi connectivity index (χ2n) is 4.97. The first-order valence-electron chi connectivity index (χ1n) is 6.96. The first kappa shape index (κ1) is 14.6. The van der Waals surface area contributed by atoms with Gasteiger partial charge in [0.25, 0.3) is 0 Å². The summed E-state index contributed by atoms with van der Waals surface area (Å²) in [5.74, 6) is 0.890. The van der Waals surface area contributed by atoms with Crippen LogP contribution in [0, 0.1) is 13.8 Å². The molecule has 1 aromatic heterocycles. The Kier molecular flexibility index (Phi) is 4.45. The number of rotatable bonds is 5. The second kappa shape index (κ2) is 6.09. The van der Waals surface area contributed by atoms with Crippen LogP contribution in [-0.2, 0) is 13.6 Å². The van der Waals surface area contributed by atoms with Crippen molar-refractivity contribution < 1.29 is 4.74 Å². The molecule has 0 unspecified atom stereocenters. The predicted molar refractivity (Wildman–Crippen MR) is 82.1 cm³/mol. The van der Waals surface area contributed by atoms with Crippen molar-refractivity contribution >= 4 is 0 Å². The molecule has 20 heavy (non-hydrogen) atoms. The fraction of sp³-hybridized carbons (Fsp3) is 0.438. The lowest BCUT2D eigenvalue weighted by atomic mass is 9.97. The summed E-state index contributed by atoms with van der Waals surface area (Å²) in [6.07, 6.45) is 0. The third kappa shape index (κ3) is 2.70. The van der Waals surface area contributed by atoms with E-state index in [9.17, 15) is 0 Å².